The van der Waals surface area contributed by atoms with Crippen LogP contribution < -0.4 is 15.4 Å². The standard InChI is InChI=1S/C24H27N3O4/c28-21(13-16-27-22(29)24(26-23(27)30)14-5-2-6-15-24)25-19-9-11-20(12-10-19)31-17-18-7-3-1-4-8-18/h1,3-4,7-12H,2,5-6,13-17H2,(H,25,28)(H,26,30). The Bertz CT molecular complexity index is 937. The number of urea groups is 1. The Morgan fingerprint density at radius 1 is 1.00 bits per heavy atom. The molecule has 2 N–H and O–H groups in total. The monoisotopic (exact) mass is 421 g/mol. The Morgan fingerprint density at radius 2 is 1.71 bits per heavy atom. The van der Waals surface area contributed by atoms with Crippen LogP contribution in [0.25, 0.3) is 0 Å². The lowest BCUT2D eigenvalue weighted by atomic mass is 9.82. The van der Waals surface area contributed by atoms with Crippen LogP contribution in [-0.2, 0) is 16.2 Å². The van der Waals surface area contributed by atoms with Gasteiger partial charge in [0.05, 0.1) is 0 Å². The second kappa shape index (κ2) is 9.20. The van der Waals surface area contributed by atoms with Crippen molar-refractivity contribution in [1.29, 1.82) is 0 Å². The third-order valence-electron chi connectivity index (χ3n) is 5.90. The smallest absolute Gasteiger partial charge is 0.325 e. The summed E-state index contributed by atoms with van der Waals surface area (Å²) in [5, 5.41) is 5.67. The molecule has 2 aromatic rings. The number of carbonyl (C=O) groups excluding carboxylic acids is 3. The minimum absolute atomic E-state index is 0.0570. The van der Waals surface area contributed by atoms with E-state index >= 15 is 0 Å². The second-order valence-corrected chi connectivity index (χ2v) is 8.13. The maximum Gasteiger partial charge on any atom is 0.325 e. The summed E-state index contributed by atoms with van der Waals surface area (Å²) in [7, 11) is 0. The van der Waals surface area contributed by atoms with Crippen LogP contribution >= 0.6 is 0 Å². The number of benzene rings is 2. The van der Waals surface area contributed by atoms with Crippen LogP contribution in [0.4, 0.5) is 10.5 Å². The largest absolute Gasteiger partial charge is 0.489 e. The van der Waals surface area contributed by atoms with Gasteiger partial charge in [-0.2, -0.15) is 0 Å². The van der Waals surface area contributed by atoms with E-state index in [1.165, 1.54) is 4.90 Å². The molecule has 0 aromatic heterocycles. The van der Waals surface area contributed by atoms with E-state index in [2.05, 4.69) is 10.6 Å². The lowest BCUT2D eigenvalue weighted by molar-refractivity contribution is -0.132. The Labute approximate surface area is 181 Å². The molecule has 1 aliphatic carbocycles. The molecule has 0 atom stereocenters. The maximum atomic E-state index is 12.8. The highest BCUT2D eigenvalue weighted by atomic mass is 16.5. The number of anilines is 1. The van der Waals surface area contributed by atoms with Gasteiger partial charge in [-0.1, -0.05) is 49.6 Å². The summed E-state index contributed by atoms with van der Waals surface area (Å²) in [5.74, 6) is 0.270. The Hall–Kier alpha value is -3.35. The molecule has 1 saturated carbocycles. The molecule has 2 fully saturated rings. The molecular weight excluding hydrogens is 394 g/mol. The van der Waals surface area contributed by atoms with Gasteiger partial charge in [0.2, 0.25) is 5.91 Å². The molecule has 162 valence electrons. The number of rotatable bonds is 7. The van der Waals surface area contributed by atoms with Crippen LogP contribution in [-0.4, -0.2) is 34.8 Å². The molecule has 1 saturated heterocycles. The van der Waals surface area contributed by atoms with E-state index in [4.69, 9.17) is 4.74 Å². The lowest BCUT2D eigenvalue weighted by Gasteiger charge is -2.30. The predicted molar refractivity (Wildman–Crippen MR) is 117 cm³/mol. The SMILES string of the molecule is O=C(CCN1C(=O)NC2(CCCCC2)C1=O)Nc1ccc(OCc2ccccc2)cc1. The van der Waals surface area contributed by atoms with Crippen molar-refractivity contribution in [3.63, 3.8) is 0 Å². The Kier molecular flexibility index (Phi) is 6.21. The maximum absolute atomic E-state index is 12.8. The highest BCUT2D eigenvalue weighted by Crippen LogP contribution is 2.33. The van der Waals surface area contributed by atoms with E-state index < -0.39 is 5.54 Å². The first-order chi connectivity index (χ1) is 15.1. The highest BCUT2D eigenvalue weighted by Gasteiger charge is 2.51. The Morgan fingerprint density at radius 3 is 2.42 bits per heavy atom. The molecule has 7 nitrogen and oxygen atoms in total. The quantitative estimate of drug-likeness (QED) is 0.665. The average Bonchev–Trinajstić information content (AvgIpc) is 3.01. The van der Waals surface area contributed by atoms with Gasteiger partial charge in [-0.25, -0.2) is 4.79 Å². The van der Waals surface area contributed by atoms with Gasteiger partial charge in [0.15, 0.2) is 0 Å². The molecule has 1 spiro atoms. The first-order valence-electron chi connectivity index (χ1n) is 10.8. The number of imide groups is 1. The summed E-state index contributed by atoms with van der Waals surface area (Å²) in [6, 6.07) is 16.6. The van der Waals surface area contributed by atoms with Crippen molar-refractivity contribution in [3.8, 4) is 5.75 Å². The highest BCUT2D eigenvalue weighted by molar-refractivity contribution is 6.07. The number of ether oxygens (including phenoxy) is 1. The van der Waals surface area contributed by atoms with Gasteiger partial charge in [-0.3, -0.25) is 14.5 Å². The summed E-state index contributed by atoms with van der Waals surface area (Å²) in [6.45, 7) is 0.552. The second-order valence-electron chi connectivity index (χ2n) is 8.13. The van der Waals surface area contributed by atoms with Crippen molar-refractivity contribution in [3.05, 3.63) is 60.2 Å². The van der Waals surface area contributed by atoms with Crippen LogP contribution in [0.1, 0.15) is 44.1 Å². The molecular formula is C24H27N3O4. The van der Waals surface area contributed by atoms with Crippen LogP contribution in [0.5, 0.6) is 5.75 Å². The normalized spacial score (nSPS) is 17.5. The van der Waals surface area contributed by atoms with Crippen molar-refractivity contribution in [1.82, 2.24) is 10.2 Å². The van der Waals surface area contributed by atoms with Gasteiger partial charge in [-0.15, -0.1) is 0 Å². The van der Waals surface area contributed by atoms with Crippen molar-refractivity contribution < 1.29 is 19.1 Å². The fourth-order valence-corrected chi connectivity index (χ4v) is 4.19. The number of nitrogens with zero attached hydrogens (tertiary/aromatic N) is 1. The predicted octanol–water partition coefficient (Wildman–Crippen LogP) is 3.85. The van der Waals surface area contributed by atoms with Crippen LogP contribution in [0, 0.1) is 0 Å². The molecule has 0 bridgehead atoms. The number of nitrogens with one attached hydrogen (secondary N) is 2. The molecule has 4 rings (SSSR count). The van der Waals surface area contributed by atoms with Crippen LogP contribution in [0.2, 0.25) is 0 Å². The van der Waals surface area contributed by atoms with E-state index in [1.807, 2.05) is 30.3 Å². The van der Waals surface area contributed by atoms with Gasteiger partial charge in [0, 0.05) is 18.7 Å². The third kappa shape index (κ3) is 4.87. The van der Waals surface area contributed by atoms with E-state index in [9.17, 15) is 14.4 Å². The minimum atomic E-state index is -0.749. The fraction of sp³-hybridized carbons (Fsp3) is 0.375. The van der Waals surface area contributed by atoms with E-state index in [0.29, 0.717) is 30.9 Å². The molecule has 2 aromatic carbocycles. The Balaban J connectivity index is 1.25. The van der Waals surface area contributed by atoms with E-state index in [-0.39, 0.29) is 30.8 Å². The first-order valence-corrected chi connectivity index (χ1v) is 10.8. The molecule has 1 heterocycles. The molecule has 1 aliphatic heterocycles. The molecule has 7 heteroatoms. The summed E-state index contributed by atoms with van der Waals surface area (Å²) in [6.07, 6.45) is 4.37. The van der Waals surface area contributed by atoms with Crippen molar-refractivity contribution in [2.24, 2.45) is 0 Å². The van der Waals surface area contributed by atoms with Gasteiger partial charge in [-0.05, 0) is 42.7 Å². The molecule has 0 radical (unpaired) electrons. The average molecular weight is 421 g/mol. The molecule has 0 unspecified atom stereocenters. The summed E-state index contributed by atoms with van der Waals surface area (Å²) >= 11 is 0. The fourth-order valence-electron chi connectivity index (χ4n) is 4.19. The first kappa shape index (κ1) is 20.9. The van der Waals surface area contributed by atoms with Gasteiger partial charge < -0.3 is 15.4 Å². The van der Waals surface area contributed by atoms with Gasteiger partial charge in [0.1, 0.15) is 17.9 Å². The molecule has 31 heavy (non-hydrogen) atoms. The third-order valence-corrected chi connectivity index (χ3v) is 5.90. The summed E-state index contributed by atoms with van der Waals surface area (Å²) in [4.78, 5) is 38.6. The number of amides is 4. The van der Waals surface area contributed by atoms with Crippen LogP contribution in [0.15, 0.2) is 54.6 Å². The zero-order valence-corrected chi connectivity index (χ0v) is 17.4. The number of carbonyl (C=O) groups is 3. The summed E-state index contributed by atoms with van der Waals surface area (Å²) < 4.78 is 5.74. The van der Waals surface area contributed by atoms with E-state index in [1.54, 1.807) is 24.3 Å². The van der Waals surface area contributed by atoms with Crippen molar-refractivity contribution in [2.45, 2.75) is 50.7 Å². The summed E-state index contributed by atoms with van der Waals surface area (Å²) in [5.41, 5.74) is 0.967. The van der Waals surface area contributed by atoms with E-state index in [0.717, 1.165) is 24.8 Å². The van der Waals surface area contributed by atoms with Crippen molar-refractivity contribution >= 4 is 23.5 Å². The zero-order valence-electron chi connectivity index (χ0n) is 17.4. The minimum Gasteiger partial charge on any atom is -0.489 e. The van der Waals surface area contributed by atoms with Crippen LogP contribution in [0.3, 0.4) is 0 Å². The number of hydrogen-bond acceptors (Lipinski definition) is 4. The van der Waals surface area contributed by atoms with Crippen molar-refractivity contribution in [2.75, 3.05) is 11.9 Å². The zero-order chi connectivity index (χ0) is 21.7. The topological polar surface area (TPSA) is 87.7 Å². The molecule has 4 amide bonds. The molecule has 2 aliphatic rings. The lowest BCUT2D eigenvalue weighted by Crippen LogP contribution is -2.48. The van der Waals surface area contributed by atoms with Gasteiger partial charge in [0.25, 0.3) is 5.91 Å². The number of hydrogen-bond donors (Lipinski definition) is 2. The van der Waals surface area contributed by atoms with Gasteiger partial charge >= 0.3 is 6.03 Å².